The topological polar surface area (TPSA) is 67.3 Å². The maximum absolute atomic E-state index is 9.36. The minimum Gasteiger partial charge on any atom is -0.508 e. The zero-order valence-corrected chi connectivity index (χ0v) is 10.4. The predicted molar refractivity (Wildman–Crippen MR) is 70.4 cm³/mol. The van der Waals surface area contributed by atoms with Crippen molar-refractivity contribution in [2.75, 3.05) is 13.1 Å². The van der Waals surface area contributed by atoms with Crippen LogP contribution < -0.4 is 10.1 Å². The molecule has 0 aliphatic carbocycles. The van der Waals surface area contributed by atoms with Crippen LogP contribution in [0.2, 0.25) is 0 Å². The van der Waals surface area contributed by atoms with E-state index in [1.807, 2.05) is 0 Å². The van der Waals surface area contributed by atoms with Crippen LogP contribution in [0.15, 0.2) is 36.7 Å². The number of nitrogens with zero attached hydrogens (tertiary/aromatic N) is 2. The van der Waals surface area contributed by atoms with Gasteiger partial charge >= 0.3 is 0 Å². The summed E-state index contributed by atoms with van der Waals surface area (Å²) < 4.78 is 5.58. The van der Waals surface area contributed by atoms with E-state index in [-0.39, 0.29) is 5.75 Å². The molecule has 19 heavy (non-hydrogen) atoms. The van der Waals surface area contributed by atoms with Crippen molar-refractivity contribution >= 4 is 0 Å². The van der Waals surface area contributed by atoms with Crippen LogP contribution in [0.25, 0.3) is 0 Å². The molecule has 2 N–H and O–H groups in total. The average molecular weight is 257 g/mol. The summed E-state index contributed by atoms with van der Waals surface area (Å²) in [4.78, 5) is 8.68. The highest BCUT2D eigenvalue weighted by Gasteiger charge is 2.18. The molecule has 0 saturated carbocycles. The van der Waals surface area contributed by atoms with Gasteiger partial charge in [0, 0.05) is 18.5 Å². The number of aromatic nitrogens is 2. The molecule has 0 spiro atoms. The Hall–Kier alpha value is -2.14. The quantitative estimate of drug-likeness (QED) is 0.880. The fraction of sp³-hybridized carbons (Fsp3) is 0.286. The summed E-state index contributed by atoms with van der Waals surface area (Å²) in [6.45, 7) is 1.96. The van der Waals surface area contributed by atoms with Crippen molar-refractivity contribution < 1.29 is 9.84 Å². The zero-order chi connectivity index (χ0) is 13.1. The number of rotatable bonds is 3. The molecular formula is C14H15N3O2. The summed E-state index contributed by atoms with van der Waals surface area (Å²) in [5, 5.41) is 12.7. The van der Waals surface area contributed by atoms with Gasteiger partial charge in [0.2, 0.25) is 0 Å². The van der Waals surface area contributed by atoms with E-state index >= 15 is 0 Å². The van der Waals surface area contributed by atoms with Crippen LogP contribution in [0.1, 0.15) is 18.2 Å². The standard InChI is InChI=1S/C14H15N3O2/c18-11-2-1-3-12(6-11)19-13-8-16-14(17-9-13)10-4-5-15-7-10/h1-3,6,8-10,15,18H,4-5,7H2. The lowest BCUT2D eigenvalue weighted by Gasteiger charge is -2.08. The lowest BCUT2D eigenvalue weighted by atomic mass is 10.1. The Kier molecular flexibility index (Phi) is 3.29. The fourth-order valence-corrected chi connectivity index (χ4v) is 2.15. The number of benzene rings is 1. The van der Waals surface area contributed by atoms with Gasteiger partial charge in [0.25, 0.3) is 0 Å². The Morgan fingerprint density at radius 3 is 2.74 bits per heavy atom. The second-order valence-corrected chi connectivity index (χ2v) is 4.57. The molecule has 1 atom stereocenters. The van der Waals surface area contributed by atoms with Gasteiger partial charge in [0.15, 0.2) is 5.75 Å². The lowest BCUT2D eigenvalue weighted by molar-refractivity contribution is 0.452. The van der Waals surface area contributed by atoms with Crippen LogP contribution in [-0.2, 0) is 0 Å². The van der Waals surface area contributed by atoms with Gasteiger partial charge in [0.1, 0.15) is 17.3 Å². The van der Waals surface area contributed by atoms with E-state index in [0.717, 1.165) is 25.3 Å². The van der Waals surface area contributed by atoms with Crippen molar-refractivity contribution in [1.29, 1.82) is 0 Å². The molecule has 3 rings (SSSR count). The minimum absolute atomic E-state index is 0.173. The van der Waals surface area contributed by atoms with Gasteiger partial charge in [-0.2, -0.15) is 0 Å². The zero-order valence-electron chi connectivity index (χ0n) is 10.4. The second kappa shape index (κ2) is 5.24. The molecule has 1 fully saturated rings. The molecule has 5 heteroatoms. The molecule has 1 unspecified atom stereocenters. The average Bonchev–Trinajstić information content (AvgIpc) is 2.94. The Bertz CT molecular complexity index is 551. The molecular weight excluding hydrogens is 242 g/mol. The first-order valence-electron chi connectivity index (χ1n) is 6.31. The Labute approximate surface area is 111 Å². The fourth-order valence-electron chi connectivity index (χ4n) is 2.15. The number of aromatic hydroxyl groups is 1. The van der Waals surface area contributed by atoms with Crippen LogP contribution in [-0.4, -0.2) is 28.2 Å². The summed E-state index contributed by atoms with van der Waals surface area (Å²) in [5.74, 6) is 2.56. The monoisotopic (exact) mass is 257 g/mol. The number of nitrogens with one attached hydrogen (secondary N) is 1. The number of ether oxygens (including phenoxy) is 1. The first kappa shape index (κ1) is 11.9. The SMILES string of the molecule is Oc1cccc(Oc2cnc(C3CCNC3)nc2)c1. The highest BCUT2D eigenvalue weighted by molar-refractivity contribution is 5.34. The maximum atomic E-state index is 9.36. The van der Waals surface area contributed by atoms with Crippen molar-refractivity contribution in [3.05, 3.63) is 42.5 Å². The van der Waals surface area contributed by atoms with Crippen molar-refractivity contribution in [2.45, 2.75) is 12.3 Å². The highest BCUT2D eigenvalue weighted by Crippen LogP contribution is 2.25. The summed E-state index contributed by atoms with van der Waals surface area (Å²) in [6, 6.07) is 6.65. The summed E-state index contributed by atoms with van der Waals surface area (Å²) >= 11 is 0. The van der Waals surface area contributed by atoms with Crippen LogP contribution in [0.5, 0.6) is 17.2 Å². The molecule has 1 aromatic heterocycles. The minimum atomic E-state index is 0.173. The van der Waals surface area contributed by atoms with Crippen LogP contribution >= 0.6 is 0 Å². The normalized spacial score (nSPS) is 18.4. The molecule has 1 saturated heterocycles. The van der Waals surface area contributed by atoms with Crippen LogP contribution in [0.4, 0.5) is 0 Å². The number of hydrogen-bond donors (Lipinski definition) is 2. The molecule has 0 bridgehead atoms. The first-order chi connectivity index (χ1) is 9.31. The van der Waals surface area contributed by atoms with Crippen molar-refractivity contribution in [3.8, 4) is 17.2 Å². The van der Waals surface area contributed by atoms with Gasteiger partial charge in [-0.25, -0.2) is 9.97 Å². The smallest absolute Gasteiger partial charge is 0.164 e. The van der Waals surface area contributed by atoms with E-state index in [1.54, 1.807) is 36.7 Å². The van der Waals surface area contributed by atoms with E-state index in [2.05, 4.69) is 15.3 Å². The van der Waals surface area contributed by atoms with Crippen LogP contribution in [0, 0.1) is 0 Å². The number of hydrogen-bond acceptors (Lipinski definition) is 5. The van der Waals surface area contributed by atoms with E-state index in [4.69, 9.17) is 4.74 Å². The third-order valence-corrected chi connectivity index (χ3v) is 3.13. The van der Waals surface area contributed by atoms with E-state index in [9.17, 15) is 5.11 Å². The third kappa shape index (κ3) is 2.82. The molecule has 2 heterocycles. The molecule has 1 aliphatic heterocycles. The van der Waals surface area contributed by atoms with E-state index in [1.165, 1.54) is 0 Å². The molecule has 2 aromatic rings. The molecule has 98 valence electrons. The summed E-state index contributed by atoms with van der Waals surface area (Å²) in [5.41, 5.74) is 0. The van der Waals surface area contributed by atoms with Crippen molar-refractivity contribution in [1.82, 2.24) is 15.3 Å². The third-order valence-electron chi connectivity index (χ3n) is 3.13. The second-order valence-electron chi connectivity index (χ2n) is 4.57. The van der Waals surface area contributed by atoms with E-state index in [0.29, 0.717) is 17.4 Å². The van der Waals surface area contributed by atoms with Crippen molar-refractivity contribution in [3.63, 3.8) is 0 Å². The predicted octanol–water partition coefficient (Wildman–Crippen LogP) is 2.05. The van der Waals surface area contributed by atoms with Gasteiger partial charge in [-0.15, -0.1) is 0 Å². The van der Waals surface area contributed by atoms with Gasteiger partial charge in [0.05, 0.1) is 12.4 Å². The van der Waals surface area contributed by atoms with Gasteiger partial charge in [-0.1, -0.05) is 6.07 Å². The molecule has 0 amide bonds. The maximum Gasteiger partial charge on any atom is 0.164 e. The Morgan fingerprint density at radius 1 is 1.21 bits per heavy atom. The van der Waals surface area contributed by atoms with Gasteiger partial charge in [-0.3, -0.25) is 0 Å². The molecule has 5 nitrogen and oxygen atoms in total. The number of phenols is 1. The molecule has 0 radical (unpaired) electrons. The summed E-state index contributed by atoms with van der Waals surface area (Å²) in [6.07, 6.45) is 4.42. The lowest BCUT2D eigenvalue weighted by Crippen LogP contribution is -2.10. The largest absolute Gasteiger partial charge is 0.508 e. The molecule has 1 aromatic carbocycles. The first-order valence-corrected chi connectivity index (χ1v) is 6.31. The van der Waals surface area contributed by atoms with Crippen LogP contribution in [0.3, 0.4) is 0 Å². The van der Waals surface area contributed by atoms with Gasteiger partial charge < -0.3 is 15.2 Å². The number of phenolic OH excluding ortho intramolecular Hbond substituents is 1. The summed E-state index contributed by atoms with van der Waals surface area (Å²) in [7, 11) is 0. The molecule has 1 aliphatic rings. The van der Waals surface area contributed by atoms with Gasteiger partial charge in [-0.05, 0) is 25.1 Å². The Morgan fingerprint density at radius 2 is 2.05 bits per heavy atom. The van der Waals surface area contributed by atoms with E-state index < -0.39 is 0 Å². The van der Waals surface area contributed by atoms with Crippen molar-refractivity contribution in [2.24, 2.45) is 0 Å². The highest BCUT2D eigenvalue weighted by atomic mass is 16.5. The Balaban J connectivity index is 1.72.